The minimum atomic E-state index is -0.0909. The van der Waals surface area contributed by atoms with E-state index in [-0.39, 0.29) is 5.41 Å². The van der Waals surface area contributed by atoms with Crippen molar-refractivity contribution in [2.45, 2.75) is 46.0 Å². The van der Waals surface area contributed by atoms with Gasteiger partial charge in [-0.05, 0) is 32.9 Å². The van der Waals surface area contributed by atoms with Crippen LogP contribution in [0.15, 0.2) is 0 Å². The first kappa shape index (κ1) is 16.0. The van der Waals surface area contributed by atoms with E-state index in [1.165, 1.54) is 25.9 Å². The van der Waals surface area contributed by atoms with E-state index in [9.17, 15) is 0 Å². The fraction of sp³-hybridized carbons (Fsp3) is 0.750. The van der Waals surface area contributed by atoms with E-state index in [1.54, 1.807) is 0 Å². The van der Waals surface area contributed by atoms with Crippen molar-refractivity contribution in [1.29, 1.82) is 0 Å². The van der Waals surface area contributed by atoms with Crippen LogP contribution < -0.4 is 10.1 Å². The van der Waals surface area contributed by atoms with Crippen molar-refractivity contribution < 1.29 is 4.74 Å². The van der Waals surface area contributed by atoms with Gasteiger partial charge in [-0.2, -0.15) is 4.98 Å². The van der Waals surface area contributed by atoms with Crippen molar-refractivity contribution in [3.05, 3.63) is 11.4 Å². The molecule has 1 aromatic rings. The molecule has 0 atom stereocenters. The van der Waals surface area contributed by atoms with Crippen LogP contribution in [0.5, 0.6) is 5.88 Å². The van der Waals surface area contributed by atoms with Crippen LogP contribution in [0.4, 0.5) is 5.82 Å². The smallest absolute Gasteiger partial charge is 0.221 e. The van der Waals surface area contributed by atoms with E-state index in [0.717, 1.165) is 23.8 Å². The Labute approximate surface area is 128 Å². The Morgan fingerprint density at radius 2 is 1.86 bits per heavy atom. The molecule has 0 amide bonds. The molecule has 1 saturated heterocycles. The number of likely N-dealkylation sites (tertiary alicyclic amines) is 1. The predicted molar refractivity (Wildman–Crippen MR) is 86.2 cm³/mol. The van der Waals surface area contributed by atoms with Crippen LogP contribution in [0.3, 0.4) is 0 Å². The second kappa shape index (κ2) is 6.60. The third-order valence-electron chi connectivity index (χ3n) is 3.85. The van der Waals surface area contributed by atoms with Crippen molar-refractivity contribution >= 4 is 5.82 Å². The molecule has 1 aromatic heterocycles. The van der Waals surface area contributed by atoms with Gasteiger partial charge in [0.15, 0.2) is 0 Å². The van der Waals surface area contributed by atoms with Crippen LogP contribution in [0.25, 0.3) is 0 Å². The van der Waals surface area contributed by atoms with Gasteiger partial charge in [0.2, 0.25) is 5.88 Å². The monoisotopic (exact) mass is 292 g/mol. The average molecular weight is 292 g/mol. The molecular weight excluding hydrogens is 264 g/mol. The summed E-state index contributed by atoms with van der Waals surface area (Å²) >= 11 is 0. The molecule has 2 heterocycles. The van der Waals surface area contributed by atoms with Crippen LogP contribution in [-0.2, 0) is 5.41 Å². The number of rotatable bonds is 5. The number of aromatic nitrogens is 2. The Hall–Kier alpha value is -1.36. The first-order chi connectivity index (χ1) is 9.91. The van der Waals surface area contributed by atoms with Crippen molar-refractivity contribution in [2.75, 3.05) is 38.6 Å². The molecule has 0 unspecified atom stereocenters. The van der Waals surface area contributed by atoms with Gasteiger partial charge in [0.1, 0.15) is 18.2 Å². The Bertz CT molecular complexity index is 476. The van der Waals surface area contributed by atoms with Crippen LogP contribution in [0, 0.1) is 6.92 Å². The molecule has 1 aliphatic rings. The Morgan fingerprint density at radius 3 is 2.43 bits per heavy atom. The molecule has 5 heteroatoms. The molecule has 0 saturated carbocycles. The number of ether oxygens (including phenoxy) is 1. The molecular formula is C16H28N4O. The number of nitrogens with one attached hydrogen (secondary N) is 1. The van der Waals surface area contributed by atoms with Gasteiger partial charge in [0.05, 0.1) is 5.56 Å². The van der Waals surface area contributed by atoms with E-state index in [0.29, 0.717) is 12.5 Å². The van der Waals surface area contributed by atoms with E-state index in [4.69, 9.17) is 4.74 Å². The summed E-state index contributed by atoms with van der Waals surface area (Å²) in [6, 6.07) is 0. The van der Waals surface area contributed by atoms with E-state index in [2.05, 4.69) is 41.0 Å². The molecule has 0 aromatic carbocycles. The van der Waals surface area contributed by atoms with Crippen LogP contribution in [0.1, 0.15) is 45.0 Å². The summed E-state index contributed by atoms with van der Waals surface area (Å²) in [5.74, 6) is 2.37. The third-order valence-corrected chi connectivity index (χ3v) is 3.85. The zero-order valence-corrected chi connectivity index (χ0v) is 14.0. The zero-order valence-electron chi connectivity index (χ0n) is 14.0. The molecule has 5 nitrogen and oxygen atoms in total. The average Bonchev–Trinajstić information content (AvgIpc) is 2.92. The van der Waals surface area contributed by atoms with Crippen LogP contribution in [-0.4, -0.2) is 48.2 Å². The highest BCUT2D eigenvalue weighted by Crippen LogP contribution is 2.27. The number of hydrogen-bond donors (Lipinski definition) is 1. The molecule has 2 rings (SSSR count). The first-order valence-electron chi connectivity index (χ1n) is 7.84. The van der Waals surface area contributed by atoms with E-state index >= 15 is 0 Å². The molecule has 0 radical (unpaired) electrons. The minimum absolute atomic E-state index is 0.0909. The van der Waals surface area contributed by atoms with Gasteiger partial charge in [-0.25, -0.2) is 4.98 Å². The molecule has 21 heavy (non-hydrogen) atoms. The van der Waals surface area contributed by atoms with Crippen molar-refractivity contribution in [3.8, 4) is 5.88 Å². The van der Waals surface area contributed by atoms with Gasteiger partial charge in [0.25, 0.3) is 0 Å². The highest BCUT2D eigenvalue weighted by molar-refractivity contribution is 5.48. The SMILES string of the molecule is CNc1nc(C(C)(C)C)nc(OCCN2CCCC2)c1C. The summed E-state index contributed by atoms with van der Waals surface area (Å²) in [4.78, 5) is 11.7. The van der Waals surface area contributed by atoms with Gasteiger partial charge < -0.3 is 10.1 Å². The molecule has 0 spiro atoms. The Balaban J connectivity index is 2.09. The quantitative estimate of drug-likeness (QED) is 0.904. The second-order valence-corrected chi connectivity index (χ2v) is 6.72. The molecule has 0 aliphatic carbocycles. The predicted octanol–water partition coefficient (Wildman–Crippen LogP) is 2.60. The highest BCUT2D eigenvalue weighted by Gasteiger charge is 2.21. The lowest BCUT2D eigenvalue weighted by Gasteiger charge is -2.21. The van der Waals surface area contributed by atoms with Crippen LogP contribution in [0.2, 0.25) is 0 Å². The first-order valence-corrected chi connectivity index (χ1v) is 7.84. The Kier molecular flexibility index (Phi) is 5.04. The van der Waals surface area contributed by atoms with Gasteiger partial charge in [0, 0.05) is 19.0 Å². The van der Waals surface area contributed by atoms with E-state index < -0.39 is 0 Å². The van der Waals surface area contributed by atoms with Crippen molar-refractivity contribution in [1.82, 2.24) is 14.9 Å². The zero-order chi connectivity index (χ0) is 15.5. The van der Waals surface area contributed by atoms with Crippen molar-refractivity contribution in [3.63, 3.8) is 0 Å². The molecule has 118 valence electrons. The Morgan fingerprint density at radius 1 is 1.19 bits per heavy atom. The molecule has 1 N–H and O–H groups in total. The number of nitrogens with zero attached hydrogens (tertiary/aromatic N) is 3. The maximum atomic E-state index is 5.94. The molecule has 0 bridgehead atoms. The minimum Gasteiger partial charge on any atom is -0.476 e. The highest BCUT2D eigenvalue weighted by atomic mass is 16.5. The lowest BCUT2D eigenvalue weighted by atomic mass is 9.95. The summed E-state index contributed by atoms with van der Waals surface area (Å²) in [6.07, 6.45) is 2.62. The second-order valence-electron chi connectivity index (χ2n) is 6.72. The standard InChI is InChI=1S/C16H28N4O/c1-12-13(17-5)18-15(16(2,3)4)19-14(12)21-11-10-20-8-6-7-9-20/h6-11H2,1-5H3,(H,17,18,19). The summed E-state index contributed by atoms with van der Waals surface area (Å²) in [5, 5.41) is 3.14. The lowest BCUT2D eigenvalue weighted by Crippen LogP contribution is -2.26. The number of anilines is 1. The summed E-state index contributed by atoms with van der Waals surface area (Å²) in [6.45, 7) is 12.4. The molecule has 1 fully saturated rings. The van der Waals surface area contributed by atoms with Crippen LogP contribution >= 0.6 is 0 Å². The topological polar surface area (TPSA) is 50.3 Å². The van der Waals surface area contributed by atoms with E-state index in [1.807, 2.05) is 14.0 Å². The summed E-state index contributed by atoms with van der Waals surface area (Å²) in [5.41, 5.74) is 0.888. The number of hydrogen-bond acceptors (Lipinski definition) is 5. The molecule has 1 aliphatic heterocycles. The largest absolute Gasteiger partial charge is 0.476 e. The lowest BCUT2D eigenvalue weighted by molar-refractivity contribution is 0.229. The fourth-order valence-corrected chi connectivity index (χ4v) is 2.49. The van der Waals surface area contributed by atoms with Gasteiger partial charge >= 0.3 is 0 Å². The normalized spacial score (nSPS) is 16.2. The fourth-order valence-electron chi connectivity index (χ4n) is 2.49. The summed E-state index contributed by atoms with van der Waals surface area (Å²) in [7, 11) is 1.88. The third kappa shape index (κ3) is 4.06. The van der Waals surface area contributed by atoms with Gasteiger partial charge in [-0.1, -0.05) is 20.8 Å². The maximum Gasteiger partial charge on any atom is 0.221 e. The summed E-state index contributed by atoms with van der Waals surface area (Å²) < 4.78 is 5.94. The van der Waals surface area contributed by atoms with Gasteiger partial charge in [-0.15, -0.1) is 0 Å². The van der Waals surface area contributed by atoms with Gasteiger partial charge in [-0.3, -0.25) is 4.90 Å². The maximum absolute atomic E-state index is 5.94. The van der Waals surface area contributed by atoms with Crippen molar-refractivity contribution in [2.24, 2.45) is 0 Å².